The van der Waals surface area contributed by atoms with Crippen molar-refractivity contribution in [1.29, 1.82) is 0 Å². The first-order valence-corrected chi connectivity index (χ1v) is 20.4. The van der Waals surface area contributed by atoms with Gasteiger partial charge in [-0.15, -0.1) is 0 Å². The number of benzene rings is 4. The van der Waals surface area contributed by atoms with E-state index >= 15 is 0 Å². The van der Waals surface area contributed by atoms with Crippen molar-refractivity contribution in [3.63, 3.8) is 0 Å². The summed E-state index contributed by atoms with van der Waals surface area (Å²) < 4.78 is 0. The maximum atomic E-state index is 5.26. The maximum absolute atomic E-state index is 5.26. The Hall–Kier alpha value is -7.77. The Kier molecular flexibility index (Phi) is 7.98. The molecule has 3 atom stereocenters. The largest absolute Gasteiger partial charge is 0.254 e. The van der Waals surface area contributed by atoms with Crippen LogP contribution in [0.2, 0.25) is 0 Å². The second kappa shape index (κ2) is 14.0. The van der Waals surface area contributed by atoms with E-state index in [0.29, 0.717) is 11.6 Å². The number of fused-ring (bicyclic) bond motifs is 8. The summed E-state index contributed by atoms with van der Waals surface area (Å²) in [6, 6.07) is 37.9. The molecule has 9 aromatic rings. The molecule has 0 saturated carbocycles. The fourth-order valence-corrected chi connectivity index (χ4v) is 9.10. The molecule has 5 aromatic heterocycles. The Labute approximate surface area is 345 Å². The Morgan fingerprint density at radius 1 is 0.450 bits per heavy atom. The number of aromatic nitrogens is 7. The van der Waals surface area contributed by atoms with Gasteiger partial charge in [-0.05, 0) is 81.6 Å². The zero-order valence-electron chi connectivity index (χ0n) is 32.4. The van der Waals surface area contributed by atoms with Crippen molar-refractivity contribution in [1.82, 2.24) is 34.9 Å². The van der Waals surface area contributed by atoms with Gasteiger partial charge in [0.1, 0.15) is 5.82 Å². The number of hydrogen-bond donors (Lipinski definition) is 0. The van der Waals surface area contributed by atoms with Gasteiger partial charge in [0.2, 0.25) is 0 Å². The molecule has 0 aliphatic heterocycles. The molecule has 0 N–H and O–H groups in total. The molecule has 4 aromatic carbocycles. The van der Waals surface area contributed by atoms with Gasteiger partial charge in [0.15, 0.2) is 11.6 Å². The van der Waals surface area contributed by atoms with Crippen LogP contribution in [0.5, 0.6) is 0 Å². The van der Waals surface area contributed by atoms with Crippen molar-refractivity contribution in [3.8, 4) is 22.5 Å². The standard InChI is InChI=1S/C53H35N7/c1-2-8-34(9-3-1)51-58-52(39-20-16-32-14-18-35(26-41(32)28-39)45-30-37-10-4-22-54-47(37)49-43(45)12-6-24-56-49)60-53(59-51)40-21-17-33-15-19-36(27-42(33)29-40)46-31-38-11-5-23-55-48(38)50-44(46)13-7-25-57-50/h1-20,22-32,40-41H,21H2. The minimum atomic E-state index is -0.0366. The van der Waals surface area contributed by atoms with Crippen LogP contribution in [0.4, 0.5) is 0 Å². The van der Waals surface area contributed by atoms with E-state index in [1.54, 1.807) is 0 Å². The molecule has 0 bridgehead atoms. The molecule has 0 saturated heterocycles. The van der Waals surface area contributed by atoms with Gasteiger partial charge in [0.25, 0.3) is 0 Å². The van der Waals surface area contributed by atoms with Gasteiger partial charge in [-0.25, -0.2) is 15.0 Å². The van der Waals surface area contributed by atoms with Crippen molar-refractivity contribution < 1.29 is 0 Å². The molecule has 0 amide bonds. The summed E-state index contributed by atoms with van der Waals surface area (Å²) in [4.78, 5) is 34.4. The van der Waals surface area contributed by atoms with E-state index in [4.69, 9.17) is 24.9 Å². The van der Waals surface area contributed by atoms with Gasteiger partial charge in [0, 0.05) is 75.2 Å². The fraction of sp³-hybridized carbons (Fsp3) is 0.0755. The van der Waals surface area contributed by atoms with Crippen molar-refractivity contribution in [3.05, 3.63) is 198 Å². The van der Waals surface area contributed by atoms with E-state index in [1.165, 1.54) is 10.8 Å². The zero-order chi connectivity index (χ0) is 39.6. The number of rotatable bonds is 5. The van der Waals surface area contributed by atoms with Crippen molar-refractivity contribution in [2.45, 2.75) is 12.3 Å². The van der Waals surface area contributed by atoms with Crippen LogP contribution in [0.15, 0.2) is 170 Å². The molecule has 7 heteroatoms. The Bertz CT molecular complexity index is 3490. The summed E-state index contributed by atoms with van der Waals surface area (Å²) in [6.07, 6.45) is 26.5. The van der Waals surface area contributed by atoms with Gasteiger partial charge in [-0.1, -0.05) is 115 Å². The quantitative estimate of drug-likeness (QED) is 0.161. The van der Waals surface area contributed by atoms with Crippen molar-refractivity contribution in [2.24, 2.45) is 11.8 Å². The molecule has 3 aliphatic rings. The number of hydrogen-bond acceptors (Lipinski definition) is 7. The Morgan fingerprint density at radius 3 is 1.83 bits per heavy atom. The highest BCUT2D eigenvalue weighted by Gasteiger charge is 2.25. The first-order chi connectivity index (χ1) is 29.7. The van der Waals surface area contributed by atoms with Crippen LogP contribution in [-0.2, 0) is 0 Å². The van der Waals surface area contributed by atoms with Crippen LogP contribution in [0.1, 0.15) is 29.6 Å². The van der Waals surface area contributed by atoms with Crippen LogP contribution in [0.25, 0.3) is 89.4 Å². The van der Waals surface area contributed by atoms with Crippen molar-refractivity contribution in [2.75, 3.05) is 0 Å². The summed E-state index contributed by atoms with van der Waals surface area (Å²) in [5.74, 6) is 2.44. The molecule has 3 aliphatic carbocycles. The molecule has 3 unspecified atom stereocenters. The average molecular weight is 770 g/mol. The fourth-order valence-electron chi connectivity index (χ4n) is 9.10. The minimum Gasteiger partial charge on any atom is -0.254 e. The van der Waals surface area contributed by atoms with E-state index < -0.39 is 0 Å². The molecule has 60 heavy (non-hydrogen) atoms. The summed E-state index contributed by atoms with van der Waals surface area (Å²) >= 11 is 0. The van der Waals surface area contributed by atoms with Crippen molar-refractivity contribution >= 4 is 66.9 Å². The lowest BCUT2D eigenvalue weighted by Gasteiger charge is -2.26. The molecular weight excluding hydrogens is 735 g/mol. The number of nitrogens with zero attached hydrogens (tertiary/aromatic N) is 7. The van der Waals surface area contributed by atoms with Crippen LogP contribution in [0.3, 0.4) is 0 Å². The smallest absolute Gasteiger partial charge is 0.163 e. The lowest BCUT2D eigenvalue weighted by molar-refractivity contribution is 0.664. The summed E-state index contributed by atoms with van der Waals surface area (Å²) in [7, 11) is 0. The average Bonchev–Trinajstić information content (AvgIpc) is 3.33. The summed E-state index contributed by atoms with van der Waals surface area (Å²) in [5, 5.41) is 6.70. The lowest BCUT2D eigenvalue weighted by Crippen LogP contribution is -2.29. The molecule has 7 nitrogen and oxygen atoms in total. The van der Waals surface area contributed by atoms with E-state index in [1.807, 2.05) is 67.3 Å². The summed E-state index contributed by atoms with van der Waals surface area (Å²) in [5.41, 5.74) is 10.2. The maximum Gasteiger partial charge on any atom is 0.163 e. The topological polar surface area (TPSA) is 90.2 Å². The summed E-state index contributed by atoms with van der Waals surface area (Å²) in [6.45, 7) is 0. The highest BCUT2D eigenvalue weighted by atomic mass is 15.0. The highest BCUT2D eigenvalue weighted by Crippen LogP contribution is 2.39. The van der Waals surface area contributed by atoms with Gasteiger partial charge < -0.3 is 0 Å². The molecule has 12 rings (SSSR count). The molecule has 0 fully saturated rings. The molecule has 282 valence electrons. The number of pyridine rings is 4. The van der Waals surface area contributed by atoms with E-state index in [-0.39, 0.29) is 17.8 Å². The Balaban J connectivity index is 0.946. The molecule has 0 spiro atoms. The zero-order valence-corrected chi connectivity index (χ0v) is 32.4. The van der Waals surface area contributed by atoms with Gasteiger partial charge in [0.05, 0.1) is 22.1 Å². The monoisotopic (exact) mass is 769 g/mol. The van der Waals surface area contributed by atoms with Gasteiger partial charge in [-0.2, -0.15) is 0 Å². The normalized spacial score (nSPS) is 18.1. The van der Waals surface area contributed by atoms with Gasteiger partial charge >= 0.3 is 0 Å². The second-order valence-corrected chi connectivity index (χ2v) is 15.7. The second-order valence-electron chi connectivity index (χ2n) is 15.7. The van der Waals surface area contributed by atoms with Crippen LogP contribution >= 0.6 is 0 Å². The van der Waals surface area contributed by atoms with Crippen LogP contribution in [-0.4, -0.2) is 34.9 Å². The first-order valence-electron chi connectivity index (χ1n) is 20.4. The third-order valence-corrected chi connectivity index (χ3v) is 12.1. The van der Waals surface area contributed by atoms with Gasteiger partial charge in [-0.3, -0.25) is 19.9 Å². The first kappa shape index (κ1) is 34.3. The Morgan fingerprint density at radius 2 is 1.08 bits per heavy atom. The van der Waals surface area contributed by atoms with E-state index in [2.05, 4.69) is 125 Å². The highest BCUT2D eigenvalue weighted by molar-refractivity contribution is 6.10. The van der Waals surface area contributed by atoms with E-state index in [9.17, 15) is 0 Å². The molecule has 5 heterocycles. The third-order valence-electron chi connectivity index (χ3n) is 12.1. The molecular formula is C53H35N7. The SMILES string of the molecule is C1=CC2C=CC(c3cc4cccnc4c4ncccc34)=CC2C=C1c1nc(-c2ccccc2)nc(C2C=c3cc(-c4cc5cccnc5c5ncccc45)ccc3=CC2)n1. The van der Waals surface area contributed by atoms with Crippen LogP contribution in [0, 0.1) is 11.8 Å². The predicted octanol–water partition coefficient (Wildman–Crippen LogP) is 9.99. The number of allylic oxidation sites excluding steroid dienone is 8. The molecule has 0 radical (unpaired) electrons. The third kappa shape index (κ3) is 5.85. The minimum absolute atomic E-state index is 0.0366. The van der Waals surface area contributed by atoms with E-state index in [0.717, 1.165) is 88.9 Å². The lowest BCUT2D eigenvalue weighted by atomic mass is 9.79. The predicted molar refractivity (Wildman–Crippen MR) is 242 cm³/mol. The van der Waals surface area contributed by atoms with Crippen LogP contribution < -0.4 is 10.4 Å².